The van der Waals surface area contributed by atoms with Crippen LogP contribution in [0.1, 0.15) is 18.7 Å². The molecule has 1 fully saturated rings. The summed E-state index contributed by atoms with van der Waals surface area (Å²) >= 11 is 1.62. The van der Waals surface area contributed by atoms with Gasteiger partial charge >= 0.3 is 0 Å². The van der Waals surface area contributed by atoms with Gasteiger partial charge in [0.05, 0.1) is 18.9 Å². The van der Waals surface area contributed by atoms with E-state index in [1.165, 1.54) is 0 Å². The van der Waals surface area contributed by atoms with Gasteiger partial charge in [0.15, 0.2) is 0 Å². The summed E-state index contributed by atoms with van der Waals surface area (Å²) in [6, 6.07) is 9.80. The van der Waals surface area contributed by atoms with E-state index in [1.807, 2.05) is 47.3 Å². The molecule has 3 N–H and O–H groups in total. The molecule has 2 aliphatic rings. The Balaban J connectivity index is 1.29. The Kier molecular flexibility index (Phi) is 4.28. The number of imidazole rings is 1. The highest BCUT2D eigenvalue weighted by molar-refractivity contribution is 7.97. The van der Waals surface area contributed by atoms with Crippen LogP contribution >= 0.6 is 11.9 Å². The minimum atomic E-state index is 0.126. The molecule has 0 bridgehead atoms. The first kappa shape index (κ1) is 16.9. The fraction of sp³-hybridized carbons (Fsp3) is 0.211. The highest BCUT2D eigenvalue weighted by Gasteiger charge is 2.29. The number of fused-ring (bicyclic) bond motifs is 1. The number of aromatic amines is 1. The summed E-state index contributed by atoms with van der Waals surface area (Å²) in [5, 5.41) is 13.2. The van der Waals surface area contributed by atoms with Crippen molar-refractivity contribution in [3.63, 3.8) is 0 Å². The van der Waals surface area contributed by atoms with Crippen LogP contribution in [0.4, 0.5) is 11.5 Å². The SMILES string of the molecule is O=C(Nc1ccc(SN2C=C(Nc3ccn[nH]3)n3ccnc3C2)cc1)C1CC1. The molecule has 3 aromatic rings. The molecule has 28 heavy (non-hydrogen) atoms. The summed E-state index contributed by atoms with van der Waals surface area (Å²) in [6.45, 7) is 0.686. The Morgan fingerprint density at radius 2 is 2.04 bits per heavy atom. The molecular formula is C19H19N7OS. The van der Waals surface area contributed by atoms with E-state index in [2.05, 4.69) is 30.1 Å². The molecule has 3 heterocycles. The van der Waals surface area contributed by atoms with E-state index in [1.54, 1.807) is 24.3 Å². The smallest absolute Gasteiger partial charge is 0.227 e. The van der Waals surface area contributed by atoms with E-state index in [4.69, 9.17) is 0 Å². The van der Waals surface area contributed by atoms with Gasteiger partial charge in [-0.1, -0.05) is 0 Å². The molecule has 1 saturated carbocycles. The summed E-state index contributed by atoms with van der Waals surface area (Å²) in [5.74, 6) is 2.99. The number of carbonyl (C=O) groups is 1. The molecule has 0 radical (unpaired) electrons. The molecule has 0 saturated heterocycles. The van der Waals surface area contributed by atoms with Gasteiger partial charge in [0, 0.05) is 35.0 Å². The van der Waals surface area contributed by atoms with E-state index < -0.39 is 0 Å². The number of nitrogens with one attached hydrogen (secondary N) is 3. The largest absolute Gasteiger partial charge is 0.326 e. The number of carbonyl (C=O) groups excluding carboxylic acids is 1. The summed E-state index contributed by atoms with van der Waals surface area (Å²) in [7, 11) is 0. The van der Waals surface area contributed by atoms with E-state index in [0.29, 0.717) is 6.54 Å². The summed E-state index contributed by atoms with van der Waals surface area (Å²) in [4.78, 5) is 17.4. The summed E-state index contributed by atoms with van der Waals surface area (Å²) < 4.78 is 4.15. The number of anilines is 2. The van der Waals surface area contributed by atoms with E-state index in [-0.39, 0.29) is 11.8 Å². The van der Waals surface area contributed by atoms with Crippen LogP contribution in [-0.4, -0.2) is 30.0 Å². The van der Waals surface area contributed by atoms with Gasteiger partial charge in [-0.15, -0.1) is 0 Å². The average Bonchev–Trinajstić information content (AvgIpc) is 3.22. The van der Waals surface area contributed by atoms with Crippen LogP contribution in [-0.2, 0) is 11.3 Å². The molecule has 5 rings (SSSR count). The number of hydrogen-bond donors (Lipinski definition) is 3. The summed E-state index contributed by atoms with van der Waals surface area (Å²) in [5.41, 5.74) is 0.840. The van der Waals surface area contributed by atoms with Gasteiger partial charge < -0.3 is 14.9 Å². The first-order chi connectivity index (χ1) is 13.7. The van der Waals surface area contributed by atoms with E-state index in [0.717, 1.165) is 40.9 Å². The average molecular weight is 393 g/mol. The Labute approximate surface area is 166 Å². The number of hydrogen-bond acceptors (Lipinski definition) is 6. The molecule has 9 heteroatoms. The number of amides is 1. The maximum atomic E-state index is 11.9. The van der Waals surface area contributed by atoms with Crippen LogP contribution in [0.15, 0.2) is 60.0 Å². The monoisotopic (exact) mass is 393 g/mol. The third kappa shape index (κ3) is 3.61. The molecule has 142 valence electrons. The molecule has 0 atom stereocenters. The molecule has 1 aliphatic carbocycles. The Hall–Kier alpha value is -3.20. The Bertz CT molecular complexity index is 1010. The lowest BCUT2D eigenvalue weighted by molar-refractivity contribution is -0.117. The number of aromatic nitrogens is 4. The standard InChI is InChI=1S/C19H19N7OS/c27-19(13-1-2-13)22-14-3-5-15(6-4-14)28-25-11-17-20-9-10-26(17)18(12-25)23-16-7-8-21-24-16/h3-10,12-13H,1-2,11H2,(H,22,27)(H2,21,23,24). The van der Waals surface area contributed by atoms with Crippen molar-refractivity contribution in [2.45, 2.75) is 24.3 Å². The maximum absolute atomic E-state index is 11.9. The van der Waals surface area contributed by atoms with Crippen LogP contribution in [0.2, 0.25) is 0 Å². The second kappa shape index (κ2) is 7.08. The topological polar surface area (TPSA) is 90.9 Å². The molecule has 1 aromatic carbocycles. The maximum Gasteiger partial charge on any atom is 0.227 e. The van der Waals surface area contributed by atoms with Gasteiger partial charge in [0.25, 0.3) is 0 Å². The third-order valence-corrected chi connectivity index (χ3v) is 5.55. The minimum Gasteiger partial charge on any atom is -0.326 e. The highest BCUT2D eigenvalue weighted by atomic mass is 32.2. The lowest BCUT2D eigenvalue weighted by atomic mass is 10.3. The third-order valence-electron chi connectivity index (χ3n) is 4.60. The van der Waals surface area contributed by atoms with Crippen molar-refractivity contribution < 1.29 is 4.79 Å². The molecule has 1 aliphatic heterocycles. The number of H-pyrrole nitrogens is 1. The first-order valence-corrected chi connectivity index (χ1v) is 9.88. The Morgan fingerprint density at radius 1 is 1.18 bits per heavy atom. The second-order valence-corrected chi connectivity index (χ2v) is 7.90. The summed E-state index contributed by atoms with van der Waals surface area (Å²) in [6.07, 6.45) is 9.49. The fourth-order valence-electron chi connectivity index (χ4n) is 2.99. The lowest BCUT2D eigenvalue weighted by Crippen LogP contribution is -2.23. The first-order valence-electron chi connectivity index (χ1n) is 9.11. The van der Waals surface area contributed by atoms with Crippen LogP contribution in [0.25, 0.3) is 5.82 Å². The minimum absolute atomic E-state index is 0.126. The van der Waals surface area contributed by atoms with Crippen LogP contribution in [0.3, 0.4) is 0 Å². The lowest BCUT2D eigenvalue weighted by Gasteiger charge is -2.26. The van der Waals surface area contributed by atoms with Gasteiger partial charge in [0.2, 0.25) is 5.91 Å². The predicted octanol–water partition coefficient (Wildman–Crippen LogP) is 3.35. The Morgan fingerprint density at radius 3 is 2.79 bits per heavy atom. The highest BCUT2D eigenvalue weighted by Crippen LogP contribution is 2.32. The number of benzene rings is 1. The van der Waals surface area contributed by atoms with Gasteiger partial charge in [-0.3, -0.25) is 14.5 Å². The van der Waals surface area contributed by atoms with Crippen molar-refractivity contribution >= 4 is 35.2 Å². The molecule has 0 spiro atoms. The second-order valence-electron chi connectivity index (χ2n) is 6.78. The molecule has 8 nitrogen and oxygen atoms in total. The van der Waals surface area contributed by atoms with Crippen molar-refractivity contribution in [3.05, 3.63) is 60.9 Å². The molecule has 0 unspecified atom stereocenters. The van der Waals surface area contributed by atoms with Crippen LogP contribution < -0.4 is 10.6 Å². The van der Waals surface area contributed by atoms with Crippen molar-refractivity contribution in [1.29, 1.82) is 0 Å². The van der Waals surface area contributed by atoms with Gasteiger partial charge in [0.1, 0.15) is 17.5 Å². The van der Waals surface area contributed by atoms with Crippen LogP contribution in [0, 0.1) is 5.92 Å². The van der Waals surface area contributed by atoms with Crippen molar-refractivity contribution in [2.75, 3.05) is 10.6 Å². The predicted molar refractivity (Wildman–Crippen MR) is 108 cm³/mol. The van der Waals surface area contributed by atoms with Crippen molar-refractivity contribution in [2.24, 2.45) is 5.92 Å². The normalized spacial score (nSPS) is 15.7. The van der Waals surface area contributed by atoms with Gasteiger partial charge in [-0.25, -0.2) is 4.98 Å². The fourth-order valence-corrected chi connectivity index (χ4v) is 3.85. The van der Waals surface area contributed by atoms with Gasteiger partial charge in [-0.2, -0.15) is 5.10 Å². The quantitative estimate of drug-likeness (QED) is 0.557. The zero-order chi connectivity index (χ0) is 18.9. The zero-order valence-electron chi connectivity index (χ0n) is 15.0. The molecular weight excluding hydrogens is 374 g/mol. The molecule has 1 amide bonds. The van der Waals surface area contributed by atoms with E-state index in [9.17, 15) is 4.79 Å². The van der Waals surface area contributed by atoms with Crippen molar-refractivity contribution in [1.82, 2.24) is 24.1 Å². The van der Waals surface area contributed by atoms with Gasteiger partial charge in [-0.05, 0) is 49.1 Å². The molecule has 2 aromatic heterocycles. The zero-order valence-corrected chi connectivity index (χ0v) is 15.8. The number of nitrogens with zero attached hydrogens (tertiary/aromatic N) is 4. The van der Waals surface area contributed by atoms with Crippen LogP contribution in [0.5, 0.6) is 0 Å². The number of rotatable bonds is 6. The van der Waals surface area contributed by atoms with E-state index >= 15 is 0 Å². The van der Waals surface area contributed by atoms with Crippen molar-refractivity contribution in [3.8, 4) is 0 Å².